The fourth-order valence-corrected chi connectivity index (χ4v) is 2.29. The van der Waals surface area contributed by atoms with Crippen molar-refractivity contribution in [1.82, 2.24) is 0 Å². The Kier molecular flexibility index (Phi) is 6.28. The third kappa shape index (κ3) is 4.47. The quantitative estimate of drug-likeness (QED) is 0.530. The lowest BCUT2D eigenvalue weighted by atomic mass is 10.2. The second kappa shape index (κ2) is 7.30. The summed E-state index contributed by atoms with van der Waals surface area (Å²) in [6.07, 6.45) is 5.02. The number of halogens is 1. The van der Waals surface area contributed by atoms with Crippen LogP contribution in [0.3, 0.4) is 0 Å². The molecule has 14 heavy (non-hydrogen) atoms. The summed E-state index contributed by atoms with van der Waals surface area (Å²) < 4.78 is 5.66. The Labute approximate surface area is 98.6 Å². The van der Waals surface area contributed by atoms with E-state index in [4.69, 9.17) is 4.74 Å². The molecule has 0 amide bonds. The first kappa shape index (κ1) is 12.1. The van der Waals surface area contributed by atoms with E-state index in [-0.39, 0.29) is 0 Å². The fraction of sp³-hybridized carbons (Fsp3) is 0.636. The number of alkyl halides is 1. The highest BCUT2D eigenvalue weighted by atomic mass is 79.9. The first-order valence-electron chi connectivity index (χ1n) is 5.07. The van der Waals surface area contributed by atoms with Crippen LogP contribution in [0.5, 0.6) is 5.75 Å². The molecule has 0 fully saturated rings. The van der Waals surface area contributed by atoms with Gasteiger partial charge in [0.25, 0.3) is 0 Å². The smallest absolute Gasteiger partial charge is 0.132 e. The summed E-state index contributed by atoms with van der Waals surface area (Å²) in [5, 5.41) is 3.20. The van der Waals surface area contributed by atoms with Crippen molar-refractivity contribution in [3.63, 3.8) is 0 Å². The van der Waals surface area contributed by atoms with Gasteiger partial charge in [0, 0.05) is 10.2 Å². The molecule has 3 heteroatoms. The Morgan fingerprint density at radius 2 is 2.07 bits per heavy atom. The van der Waals surface area contributed by atoms with Gasteiger partial charge in [0.1, 0.15) is 5.75 Å². The van der Waals surface area contributed by atoms with Gasteiger partial charge in [-0.1, -0.05) is 28.8 Å². The Morgan fingerprint density at radius 1 is 1.29 bits per heavy atom. The number of rotatable bonds is 7. The maximum absolute atomic E-state index is 5.66. The highest BCUT2D eigenvalue weighted by molar-refractivity contribution is 9.09. The first-order chi connectivity index (χ1) is 6.84. The van der Waals surface area contributed by atoms with Crippen LogP contribution in [0.15, 0.2) is 11.4 Å². The van der Waals surface area contributed by atoms with Crippen molar-refractivity contribution >= 4 is 27.3 Å². The zero-order valence-corrected chi connectivity index (χ0v) is 11.0. The van der Waals surface area contributed by atoms with E-state index in [9.17, 15) is 0 Å². The van der Waals surface area contributed by atoms with Gasteiger partial charge < -0.3 is 4.74 Å². The molecule has 0 saturated heterocycles. The van der Waals surface area contributed by atoms with Gasteiger partial charge in [-0.2, -0.15) is 0 Å². The van der Waals surface area contributed by atoms with E-state index >= 15 is 0 Å². The van der Waals surface area contributed by atoms with Crippen molar-refractivity contribution < 1.29 is 4.74 Å². The molecular formula is C11H17BrOS. The van der Waals surface area contributed by atoms with Crippen molar-refractivity contribution in [2.75, 3.05) is 11.9 Å². The second-order valence-electron chi connectivity index (χ2n) is 3.29. The molecule has 0 radical (unpaired) electrons. The fourth-order valence-electron chi connectivity index (χ4n) is 1.26. The van der Waals surface area contributed by atoms with E-state index in [0.29, 0.717) is 0 Å². The van der Waals surface area contributed by atoms with Crippen LogP contribution in [-0.2, 0) is 0 Å². The minimum absolute atomic E-state index is 0.861. The summed E-state index contributed by atoms with van der Waals surface area (Å²) in [6, 6.07) is 2.05. The minimum Gasteiger partial charge on any atom is -0.492 e. The standard InChI is InChI=1S/C11H17BrOS/c1-10-11(6-9-14-10)13-8-5-3-2-4-7-12/h6,9H,2-5,7-8H2,1H3. The molecule has 1 nitrogen and oxygen atoms in total. The number of hydrogen-bond donors (Lipinski definition) is 0. The van der Waals surface area contributed by atoms with E-state index in [1.807, 2.05) is 0 Å². The number of thiophene rings is 1. The van der Waals surface area contributed by atoms with Gasteiger partial charge >= 0.3 is 0 Å². The number of ether oxygens (including phenoxy) is 1. The average Bonchev–Trinajstić information content (AvgIpc) is 2.58. The predicted molar refractivity (Wildman–Crippen MR) is 66.8 cm³/mol. The van der Waals surface area contributed by atoms with Crippen molar-refractivity contribution in [2.45, 2.75) is 32.6 Å². The van der Waals surface area contributed by atoms with Crippen molar-refractivity contribution in [3.05, 3.63) is 16.3 Å². The molecule has 0 aliphatic carbocycles. The van der Waals surface area contributed by atoms with Gasteiger partial charge in [0.2, 0.25) is 0 Å². The molecule has 80 valence electrons. The molecule has 0 saturated carbocycles. The summed E-state index contributed by atoms with van der Waals surface area (Å²) >= 11 is 5.17. The molecular weight excluding hydrogens is 260 g/mol. The van der Waals surface area contributed by atoms with Crippen LogP contribution in [0.1, 0.15) is 30.6 Å². The van der Waals surface area contributed by atoms with Gasteiger partial charge in [-0.3, -0.25) is 0 Å². The van der Waals surface area contributed by atoms with Crippen LogP contribution in [0, 0.1) is 6.92 Å². The molecule has 0 spiro atoms. The summed E-state index contributed by atoms with van der Waals surface area (Å²) in [5.41, 5.74) is 0. The maximum atomic E-state index is 5.66. The van der Waals surface area contributed by atoms with Crippen molar-refractivity contribution in [1.29, 1.82) is 0 Å². The van der Waals surface area contributed by atoms with Crippen LogP contribution in [-0.4, -0.2) is 11.9 Å². The number of hydrogen-bond acceptors (Lipinski definition) is 2. The van der Waals surface area contributed by atoms with Crippen molar-refractivity contribution in [3.8, 4) is 5.75 Å². The van der Waals surface area contributed by atoms with E-state index in [1.54, 1.807) is 11.3 Å². The largest absolute Gasteiger partial charge is 0.492 e. The summed E-state index contributed by atoms with van der Waals surface area (Å²) in [6.45, 7) is 2.96. The van der Waals surface area contributed by atoms with Crippen LogP contribution < -0.4 is 4.74 Å². The van der Waals surface area contributed by atoms with Crippen LogP contribution in [0.2, 0.25) is 0 Å². The lowest BCUT2D eigenvalue weighted by Crippen LogP contribution is -1.97. The lowest BCUT2D eigenvalue weighted by Gasteiger charge is -2.04. The second-order valence-corrected chi connectivity index (χ2v) is 5.21. The Bertz CT molecular complexity index is 247. The van der Waals surface area contributed by atoms with Crippen LogP contribution in [0.4, 0.5) is 0 Å². The third-order valence-corrected chi connectivity index (χ3v) is 3.48. The summed E-state index contributed by atoms with van der Waals surface area (Å²) in [5.74, 6) is 1.07. The van der Waals surface area contributed by atoms with E-state index in [0.717, 1.165) is 17.7 Å². The first-order valence-corrected chi connectivity index (χ1v) is 7.07. The van der Waals surface area contributed by atoms with Gasteiger partial charge in [0.15, 0.2) is 0 Å². The summed E-state index contributed by atoms with van der Waals surface area (Å²) in [7, 11) is 0. The summed E-state index contributed by atoms with van der Waals surface area (Å²) in [4.78, 5) is 1.28. The molecule has 1 aromatic heterocycles. The van der Waals surface area contributed by atoms with Gasteiger partial charge in [-0.15, -0.1) is 11.3 Å². The third-order valence-electron chi connectivity index (χ3n) is 2.10. The molecule has 1 heterocycles. The van der Waals surface area contributed by atoms with E-state index in [2.05, 4.69) is 34.3 Å². The lowest BCUT2D eigenvalue weighted by molar-refractivity contribution is 0.304. The van der Waals surface area contributed by atoms with Gasteiger partial charge in [-0.05, 0) is 31.2 Å². The topological polar surface area (TPSA) is 9.23 Å². The molecule has 1 rings (SSSR count). The molecule has 0 bridgehead atoms. The molecule has 0 aromatic carbocycles. The SMILES string of the molecule is Cc1sccc1OCCCCCCBr. The maximum Gasteiger partial charge on any atom is 0.132 e. The molecule has 0 unspecified atom stereocenters. The molecule has 1 aromatic rings. The highest BCUT2D eigenvalue weighted by Crippen LogP contribution is 2.23. The van der Waals surface area contributed by atoms with Crippen LogP contribution in [0.25, 0.3) is 0 Å². The monoisotopic (exact) mass is 276 g/mol. The highest BCUT2D eigenvalue weighted by Gasteiger charge is 1.99. The Balaban J connectivity index is 2.02. The number of unbranched alkanes of at least 4 members (excludes halogenated alkanes) is 3. The predicted octanol–water partition coefficient (Wildman–Crippen LogP) is 4.39. The van der Waals surface area contributed by atoms with Crippen LogP contribution >= 0.6 is 27.3 Å². The number of aryl methyl sites for hydroxylation is 1. The molecule has 0 atom stereocenters. The molecule has 0 aliphatic heterocycles. The van der Waals surface area contributed by atoms with Crippen molar-refractivity contribution in [2.24, 2.45) is 0 Å². The van der Waals surface area contributed by atoms with Gasteiger partial charge in [-0.25, -0.2) is 0 Å². The van der Waals surface area contributed by atoms with Gasteiger partial charge in [0.05, 0.1) is 6.61 Å². The van der Waals surface area contributed by atoms with E-state index in [1.165, 1.54) is 30.6 Å². The Hall–Kier alpha value is -0.0200. The van der Waals surface area contributed by atoms with E-state index < -0.39 is 0 Å². The molecule has 0 aliphatic rings. The normalized spacial score (nSPS) is 10.4. The Morgan fingerprint density at radius 3 is 2.71 bits per heavy atom. The zero-order chi connectivity index (χ0) is 10.2. The average molecular weight is 277 g/mol. The molecule has 0 N–H and O–H groups in total. The minimum atomic E-state index is 0.861. The zero-order valence-electron chi connectivity index (χ0n) is 8.59.